The number of aliphatic hydroxyl groups excluding tert-OH is 1. The lowest BCUT2D eigenvalue weighted by molar-refractivity contribution is -0.870. The quantitative estimate of drug-likeness (QED) is 0.0321. The van der Waals surface area contributed by atoms with Crippen molar-refractivity contribution in [1.82, 2.24) is 5.32 Å². The molecule has 0 saturated carbocycles. The van der Waals surface area contributed by atoms with Gasteiger partial charge in [-0.05, 0) is 12.8 Å². The number of hydrogen-bond donors (Lipinski definition) is 3. The van der Waals surface area contributed by atoms with Crippen LogP contribution in [0.15, 0.2) is 0 Å². The third kappa shape index (κ3) is 43.4. The molecule has 342 valence electrons. The second kappa shape index (κ2) is 40.9. The standard InChI is InChI=1S/C48H99N2O6P/c1-6-8-10-11-12-13-14-15-16-17-18-19-20-21-22-23-24-25-26-27-28-29-30-31-32-33-34-35-36-37-38-39-40-41-47(51)46(49-48(52)42-9-7-2)45-56-57(53,54)55-44-43-50(3,4)5/h46-47,51H,6-45H2,1-5H3,(H-,49,52,53,54)/p+1. The van der Waals surface area contributed by atoms with Crippen LogP contribution in [0.5, 0.6) is 0 Å². The summed E-state index contributed by atoms with van der Waals surface area (Å²) in [5.74, 6) is -0.176. The van der Waals surface area contributed by atoms with Crippen molar-refractivity contribution in [3.63, 3.8) is 0 Å². The van der Waals surface area contributed by atoms with Crippen LogP contribution in [-0.2, 0) is 18.4 Å². The molecule has 0 spiro atoms. The molecule has 0 fully saturated rings. The van der Waals surface area contributed by atoms with Crippen molar-refractivity contribution in [2.24, 2.45) is 0 Å². The minimum absolute atomic E-state index is 0.0765. The number of nitrogens with zero attached hydrogens (tertiary/aromatic N) is 1. The van der Waals surface area contributed by atoms with Gasteiger partial charge in [0.25, 0.3) is 0 Å². The van der Waals surface area contributed by atoms with E-state index >= 15 is 0 Å². The lowest BCUT2D eigenvalue weighted by atomic mass is 10.0. The van der Waals surface area contributed by atoms with E-state index < -0.39 is 20.0 Å². The maximum Gasteiger partial charge on any atom is 0.472 e. The molecule has 0 aliphatic carbocycles. The fourth-order valence-electron chi connectivity index (χ4n) is 7.61. The molecule has 0 aromatic heterocycles. The van der Waals surface area contributed by atoms with Crippen LogP contribution in [0.4, 0.5) is 0 Å². The predicted molar refractivity (Wildman–Crippen MR) is 245 cm³/mol. The van der Waals surface area contributed by atoms with Crippen molar-refractivity contribution in [3.05, 3.63) is 0 Å². The molecule has 3 atom stereocenters. The number of aliphatic hydroxyl groups is 1. The summed E-state index contributed by atoms with van der Waals surface area (Å²) in [6.45, 7) is 4.67. The molecule has 0 aromatic rings. The van der Waals surface area contributed by atoms with Gasteiger partial charge in [0.2, 0.25) is 5.91 Å². The number of carbonyl (C=O) groups excluding carboxylic acids is 1. The van der Waals surface area contributed by atoms with E-state index in [1.807, 2.05) is 28.1 Å². The van der Waals surface area contributed by atoms with Gasteiger partial charge in [0.15, 0.2) is 0 Å². The van der Waals surface area contributed by atoms with Crippen molar-refractivity contribution in [1.29, 1.82) is 0 Å². The van der Waals surface area contributed by atoms with E-state index in [4.69, 9.17) is 9.05 Å². The summed E-state index contributed by atoms with van der Waals surface area (Å²) < 4.78 is 23.3. The molecule has 57 heavy (non-hydrogen) atoms. The molecule has 0 rings (SSSR count). The first-order valence-corrected chi connectivity index (χ1v) is 26.4. The molecule has 0 radical (unpaired) electrons. The first-order valence-electron chi connectivity index (χ1n) is 24.9. The Kier molecular flexibility index (Phi) is 40.5. The molecule has 0 aliphatic heterocycles. The normalized spacial score (nSPS) is 14.2. The van der Waals surface area contributed by atoms with Crippen LogP contribution in [0.2, 0.25) is 0 Å². The van der Waals surface area contributed by atoms with Crippen LogP contribution in [-0.4, -0.2) is 73.4 Å². The number of amides is 1. The fraction of sp³-hybridized carbons (Fsp3) is 0.979. The van der Waals surface area contributed by atoms with Gasteiger partial charge in [-0.1, -0.05) is 232 Å². The highest BCUT2D eigenvalue weighted by molar-refractivity contribution is 7.47. The molecule has 0 aromatic carbocycles. The van der Waals surface area contributed by atoms with E-state index in [-0.39, 0.29) is 19.1 Å². The van der Waals surface area contributed by atoms with Gasteiger partial charge in [-0.25, -0.2) is 4.57 Å². The minimum atomic E-state index is -4.29. The molecule has 0 heterocycles. The summed E-state index contributed by atoms with van der Waals surface area (Å²) in [6.07, 6.45) is 47.2. The zero-order chi connectivity index (χ0) is 42.1. The van der Waals surface area contributed by atoms with Gasteiger partial charge in [0.1, 0.15) is 13.2 Å². The first-order chi connectivity index (χ1) is 27.5. The van der Waals surface area contributed by atoms with E-state index in [9.17, 15) is 19.4 Å². The van der Waals surface area contributed by atoms with Gasteiger partial charge in [-0.3, -0.25) is 13.8 Å². The number of rotatable bonds is 46. The van der Waals surface area contributed by atoms with Gasteiger partial charge in [0, 0.05) is 6.42 Å². The average molecular weight is 832 g/mol. The molecule has 9 heteroatoms. The summed E-state index contributed by atoms with van der Waals surface area (Å²) >= 11 is 0. The number of quaternary nitrogens is 1. The molecule has 0 aliphatic rings. The van der Waals surface area contributed by atoms with Crippen LogP contribution in [0.25, 0.3) is 0 Å². The average Bonchev–Trinajstić information content (AvgIpc) is 3.16. The maximum atomic E-state index is 12.4. The number of unbranched alkanes of at least 4 members (excludes halogenated alkanes) is 33. The number of likely N-dealkylation sites (N-methyl/N-ethyl adjacent to an activating group) is 1. The highest BCUT2D eigenvalue weighted by Gasteiger charge is 2.28. The number of nitrogens with one attached hydrogen (secondary N) is 1. The largest absolute Gasteiger partial charge is 0.472 e. The van der Waals surface area contributed by atoms with Crippen LogP contribution in [0, 0.1) is 0 Å². The van der Waals surface area contributed by atoms with Crippen molar-refractivity contribution in [2.75, 3.05) is 40.9 Å². The van der Waals surface area contributed by atoms with Crippen molar-refractivity contribution < 1.29 is 32.9 Å². The van der Waals surface area contributed by atoms with E-state index in [0.29, 0.717) is 23.9 Å². The zero-order valence-corrected chi connectivity index (χ0v) is 39.8. The van der Waals surface area contributed by atoms with Crippen molar-refractivity contribution in [3.8, 4) is 0 Å². The van der Waals surface area contributed by atoms with Crippen LogP contribution < -0.4 is 5.32 Å². The third-order valence-electron chi connectivity index (χ3n) is 11.6. The molecule has 0 bridgehead atoms. The summed E-state index contributed by atoms with van der Waals surface area (Å²) in [5.41, 5.74) is 0. The Hall–Kier alpha value is -0.500. The topological polar surface area (TPSA) is 105 Å². The first kappa shape index (κ1) is 56.5. The van der Waals surface area contributed by atoms with Gasteiger partial charge < -0.3 is 19.8 Å². The molecular weight excluding hydrogens is 732 g/mol. The van der Waals surface area contributed by atoms with E-state index in [0.717, 1.165) is 32.1 Å². The van der Waals surface area contributed by atoms with Crippen LogP contribution in [0.1, 0.15) is 251 Å². The Bertz CT molecular complexity index is 901. The van der Waals surface area contributed by atoms with E-state index in [2.05, 4.69) is 12.2 Å². The van der Waals surface area contributed by atoms with Crippen LogP contribution >= 0.6 is 7.82 Å². The van der Waals surface area contributed by atoms with Gasteiger partial charge in [0.05, 0.1) is 39.9 Å². The monoisotopic (exact) mass is 832 g/mol. The summed E-state index contributed by atoms with van der Waals surface area (Å²) in [6, 6.07) is -0.750. The highest BCUT2D eigenvalue weighted by Crippen LogP contribution is 2.43. The van der Waals surface area contributed by atoms with E-state index in [1.54, 1.807) is 0 Å². The zero-order valence-electron chi connectivity index (χ0n) is 38.9. The number of hydrogen-bond acceptors (Lipinski definition) is 5. The maximum absolute atomic E-state index is 12.4. The molecule has 8 nitrogen and oxygen atoms in total. The number of phosphoric acid groups is 1. The minimum Gasteiger partial charge on any atom is -0.391 e. The lowest BCUT2D eigenvalue weighted by Crippen LogP contribution is -2.46. The summed E-state index contributed by atoms with van der Waals surface area (Å²) in [5, 5.41) is 13.7. The molecule has 1 amide bonds. The Morgan fingerprint density at radius 3 is 1.16 bits per heavy atom. The van der Waals surface area contributed by atoms with Crippen LogP contribution in [0.3, 0.4) is 0 Å². The molecule has 3 N–H and O–H groups in total. The third-order valence-corrected chi connectivity index (χ3v) is 12.6. The Morgan fingerprint density at radius 1 is 0.526 bits per heavy atom. The SMILES string of the molecule is CCCCCCCCCCCCCCCCCCCCCCCCCCCCCCCCCCCC(O)C(COP(=O)(O)OCC[N+](C)(C)C)NC(=O)CCCC. The van der Waals surface area contributed by atoms with Crippen molar-refractivity contribution >= 4 is 13.7 Å². The fourth-order valence-corrected chi connectivity index (χ4v) is 8.35. The summed E-state index contributed by atoms with van der Waals surface area (Å²) in [4.78, 5) is 22.5. The molecule has 3 unspecified atom stereocenters. The van der Waals surface area contributed by atoms with Gasteiger partial charge in [-0.2, -0.15) is 0 Å². The Balaban J connectivity index is 3.64. The number of phosphoric ester groups is 1. The second-order valence-electron chi connectivity index (χ2n) is 18.6. The Labute approximate surface area is 355 Å². The summed E-state index contributed by atoms with van der Waals surface area (Å²) in [7, 11) is 1.62. The predicted octanol–water partition coefficient (Wildman–Crippen LogP) is 14.1. The van der Waals surface area contributed by atoms with E-state index in [1.165, 1.54) is 193 Å². The lowest BCUT2D eigenvalue weighted by Gasteiger charge is -2.26. The van der Waals surface area contributed by atoms with Gasteiger partial charge >= 0.3 is 7.82 Å². The molecular formula is C48H100N2O6P+. The molecule has 0 saturated heterocycles. The number of carbonyl (C=O) groups is 1. The highest BCUT2D eigenvalue weighted by atomic mass is 31.2. The van der Waals surface area contributed by atoms with Crippen molar-refractivity contribution in [2.45, 2.75) is 264 Å². The smallest absolute Gasteiger partial charge is 0.391 e. The second-order valence-corrected chi connectivity index (χ2v) is 20.0. The van der Waals surface area contributed by atoms with Gasteiger partial charge in [-0.15, -0.1) is 0 Å². The Morgan fingerprint density at radius 2 is 0.842 bits per heavy atom.